The minimum Gasteiger partial charge on any atom is -0.396 e. The smallest absolute Gasteiger partial charge is 0.241 e. The summed E-state index contributed by atoms with van der Waals surface area (Å²) in [5.74, 6) is 0. The van der Waals surface area contributed by atoms with Crippen molar-refractivity contribution in [3.63, 3.8) is 0 Å². The maximum atomic E-state index is 12.6. The molecule has 0 amide bonds. The van der Waals surface area contributed by atoms with Gasteiger partial charge in [0.05, 0.1) is 10.4 Å². The average molecular weight is 308 g/mol. The lowest BCUT2D eigenvalue weighted by molar-refractivity contribution is 0.270. The van der Waals surface area contributed by atoms with E-state index in [1.807, 2.05) is 13.8 Å². The molecule has 114 valence electrons. The molecule has 0 bridgehead atoms. The fourth-order valence-electron chi connectivity index (χ4n) is 2.31. The Hall–Kier alpha value is -1.50. The Labute approximate surface area is 125 Å². The molecule has 0 saturated heterocycles. The Morgan fingerprint density at radius 2 is 2.10 bits per heavy atom. The van der Waals surface area contributed by atoms with E-state index in [1.165, 1.54) is 0 Å². The second-order valence-electron chi connectivity index (χ2n) is 5.02. The molecule has 0 aliphatic rings. The van der Waals surface area contributed by atoms with Crippen LogP contribution in [0.1, 0.15) is 25.3 Å². The summed E-state index contributed by atoms with van der Waals surface area (Å²) in [5, 5.41) is 9.61. The van der Waals surface area contributed by atoms with E-state index in [2.05, 4.69) is 9.71 Å². The van der Waals surface area contributed by atoms with Gasteiger partial charge in [0.2, 0.25) is 10.0 Å². The molecule has 1 aromatic heterocycles. The van der Waals surface area contributed by atoms with Crippen molar-refractivity contribution in [2.24, 2.45) is 0 Å². The highest BCUT2D eigenvalue weighted by atomic mass is 32.2. The molecule has 0 aliphatic heterocycles. The Bertz CT molecular complexity index is 729. The molecule has 1 unspecified atom stereocenters. The van der Waals surface area contributed by atoms with Crippen LogP contribution in [0, 0.1) is 6.92 Å². The summed E-state index contributed by atoms with van der Waals surface area (Å²) in [5.41, 5.74) is 1.63. The van der Waals surface area contributed by atoms with Crippen LogP contribution in [0.2, 0.25) is 0 Å². The number of aliphatic hydroxyl groups is 1. The van der Waals surface area contributed by atoms with Crippen molar-refractivity contribution in [2.45, 2.75) is 37.6 Å². The summed E-state index contributed by atoms with van der Waals surface area (Å²) in [6.45, 7) is 3.74. The molecule has 1 atom stereocenters. The van der Waals surface area contributed by atoms with Crippen LogP contribution in [0.5, 0.6) is 0 Å². The molecular weight excluding hydrogens is 288 g/mol. The molecule has 0 fully saturated rings. The average Bonchev–Trinajstić information content (AvgIpc) is 2.47. The van der Waals surface area contributed by atoms with E-state index in [1.54, 1.807) is 30.5 Å². The molecule has 0 spiro atoms. The Balaban J connectivity index is 2.48. The predicted octanol–water partition coefficient (Wildman–Crippen LogP) is 1.98. The van der Waals surface area contributed by atoms with Crippen molar-refractivity contribution < 1.29 is 13.5 Å². The van der Waals surface area contributed by atoms with E-state index in [0.717, 1.165) is 5.56 Å². The highest BCUT2D eigenvalue weighted by Gasteiger charge is 2.21. The fourth-order valence-corrected chi connectivity index (χ4v) is 3.86. The second-order valence-corrected chi connectivity index (χ2v) is 6.70. The number of hydrogen-bond donors (Lipinski definition) is 2. The van der Waals surface area contributed by atoms with Gasteiger partial charge < -0.3 is 5.11 Å². The van der Waals surface area contributed by atoms with Crippen molar-refractivity contribution in [1.82, 2.24) is 9.71 Å². The number of fused-ring (bicyclic) bond motifs is 1. The van der Waals surface area contributed by atoms with Gasteiger partial charge in [-0.2, -0.15) is 0 Å². The summed E-state index contributed by atoms with van der Waals surface area (Å²) in [7, 11) is -3.64. The maximum absolute atomic E-state index is 12.6. The van der Waals surface area contributed by atoms with Gasteiger partial charge in [0.15, 0.2) is 0 Å². The van der Waals surface area contributed by atoms with Crippen molar-refractivity contribution in [3.8, 4) is 0 Å². The first-order chi connectivity index (χ1) is 9.99. The third-order valence-electron chi connectivity index (χ3n) is 3.51. The quantitative estimate of drug-likeness (QED) is 0.855. The van der Waals surface area contributed by atoms with E-state index in [9.17, 15) is 8.42 Å². The molecule has 6 heteroatoms. The molecule has 0 aliphatic carbocycles. The van der Waals surface area contributed by atoms with E-state index in [4.69, 9.17) is 5.11 Å². The first-order valence-corrected chi connectivity index (χ1v) is 8.45. The van der Waals surface area contributed by atoms with Crippen LogP contribution in [0.4, 0.5) is 0 Å². The van der Waals surface area contributed by atoms with Crippen LogP contribution in [-0.2, 0) is 10.0 Å². The molecule has 1 heterocycles. The zero-order chi connectivity index (χ0) is 15.5. The van der Waals surface area contributed by atoms with Gasteiger partial charge in [-0.25, -0.2) is 13.1 Å². The van der Waals surface area contributed by atoms with Crippen LogP contribution in [0.25, 0.3) is 10.9 Å². The van der Waals surface area contributed by atoms with Gasteiger partial charge in [0, 0.05) is 24.2 Å². The topological polar surface area (TPSA) is 79.3 Å². The summed E-state index contributed by atoms with van der Waals surface area (Å²) in [6.07, 6.45) is 2.68. The number of aliphatic hydroxyl groups excluding tert-OH is 1. The van der Waals surface area contributed by atoms with Crippen LogP contribution >= 0.6 is 0 Å². The maximum Gasteiger partial charge on any atom is 0.241 e. The third-order valence-corrected chi connectivity index (χ3v) is 5.09. The van der Waals surface area contributed by atoms with E-state index in [-0.39, 0.29) is 17.5 Å². The Morgan fingerprint density at radius 1 is 1.33 bits per heavy atom. The Morgan fingerprint density at radius 3 is 2.76 bits per heavy atom. The zero-order valence-corrected chi connectivity index (χ0v) is 13.0. The summed E-state index contributed by atoms with van der Waals surface area (Å²) >= 11 is 0. The summed E-state index contributed by atoms with van der Waals surface area (Å²) in [6, 6.07) is 6.58. The van der Waals surface area contributed by atoms with E-state index >= 15 is 0 Å². The highest BCUT2D eigenvalue weighted by Crippen LogP contribution is 2.24. The lowest BCUT2D eigenvalue weighted by Gasteiger charge is -2.17. The lowest BCUT2D eigenvalue weighted by Crippen LogP contribution is -2.35. The first-order valence-electron chi connectivity index (χ1n) is 6.97. The monoisotopic (exact) mass is 308 g/mol. The van der Waals surface area contributed by atoms with Crippen LogP contribution in [-0.4, -0.2) is 31.2 Å². The van der Waals surface area contributed by atoms with E-state index in [0.29, 0.717) is 23.7 Å². The Kier molecular flexibility index (Phi) is 4.92. The van der Waals surface area contributed by atoms with Crippen LogP contribution < -0.4 is 4.72 Å². The molecule has 0 saturated carbocycles. The number of aryl methyl sites for hydroxylation is 1. The SMILES string of the molecule is CCC(CCO)NS(=O)(=O)c1ccc(C)c2ncccc12. The number of sulfonamides is 1. The second kappa shape index (κ2) is 6.51. The number of aromatic nitrogens is 1. The van der Waals surface area contributed by atoms with Gasteiger partial charge >= 0.3 is 0 Å². The minimum atomic E-state index is -3.64. The molecule has 2 rings (SSSR count). The third kappa shape index (κ3) is 3.40. The molecule has 2 N–H and O–H groups in total. The fraction of sp³-hybridized carbons (Fsp3) is 0.400. The normalized spacial score (nSPS) is 13.5. The van der Waals surface area contributed by atoms with Crippen molar-refractivity contribution in [3.05, 3.63) is 36.0 Å². The molecule has 2 aromatic rings. The van der Waals surface area contributed by atoms with Gasteiger partial charge in [-0.1, -0.05) is 13.0 Å². The van der Waals surface area contributed by atoms with Gasteiger partial charge in [-0.3, -0.25) is 4.98 Å². The minimum absolute atomic E-state index is 0.0444. The standard InChI is InChI=1S/C15H20N2O3S/c1-3-12(8-10-18)17-21(19,20)14-7-6-11(2)15-13(14)5-4-9-16-15/h4-7,9,12,17-18H,3,8,10H2,1-2H3. The summed E-state index contributed by atoms with van der Waals surface area (Å²) < 4.78 is 27.8. The number of nitrogens with one attached hydrogen (secondary N) is 1. The highest BCUT2D eigenvalue weighted by molar-refractivity contribution is 7.89. The molecule has 0 radical (unpaired) electrons. The number of nitrogens with zero attached hydrogens (tertiary/aromatic N) is 1. The molecule has 5 nitrogen and oxygen atoms in total. The van der Waals surface area contributed by atoms with Crippen LogP contribution in [0.3, 0.4) is 0 Å². The number of benzene rings is 1. The van der Waals surface area contributed by atoms with Crippen LogP contribution in [0.15, 0.2) is 35.4 Å². The van der Waals surface area contributed by atoms with Crippen molar-refractivity contribution in [2.75, 3.05) is 6.61 Å². The molecule has 1 aromatic carbocycles. The van der Waals surface area contributed by atoms with Gasteiger partial charge in [-0.05, 0) is 43.5 Å². The van der Waals surface area contributed by atoms with Crippen molar-refractivity contribution >= 4 is 20.9 Å². The number of rotatable bonds is 6. The lowest BCUT2D eigenvalue weighted by atomic mass is 10.1. The molecule has 21 heavy (non-hydrogen) atoms. The number of pyridine rings is 1. The summed E-state index contributed by atoms with van der Waals surface area (Å²) in [4.78, 5) is 4.49. The first kappa shape index (κ1) is 15.9. The van der Waals surface area contributed by atoms with Gasteiger partial charge in [0.25, 0.3) is 0 Å². The van der Waals surface area contributed by atoms with E-state index < -0.39 is 10.0 Å². The molecular formula is C15H20N2O3S. The number of hydrogen-bond acceptors (Lipinski definition) is 4. The largest absolute Gasteiger partial charge is 0.396 e. The van der Waals surface area contributed by atoms with Gasteiger partial charge in [0.1, 0.15) is 0 Å². The van der Waals surface area contributed by atoms with Gasteiger partial charge in [-0.15, -0.1) is 0 Å². The predicted molar refractivity (Wildman–Crippen MR) is 82.6 cm³/mol. The zero-order valence-electron chi connectivity index (χ0n) is 12.2. The van der Waals surface area contributed by atoms with Crippen molar-refractivity contribution in [1.29, 1.82) is 0 Å².